The average molecular weight is 274 g/mol. The Bertz CT molecular complexity index is 470. The maximum Gasteiger partial charge on any atom is 0.179 e. The molecular formula is C17H26N2O. The van der Waals surface area contributed by atoms with Crippen LogP contribution in [0.25, 0.3) is 0 Å². The van der Waals surface area contributed by atoms with Crippen LogP contribution in [0.5, 0.6) is 0 Å². The number of rotatable bonds is 7. The van der Waals surface area contributed by atoms with E-state index in [1.165, 1.54) is 24.1 Å². The number of carbonyl (C=O) groups excluding carboxylic acids is 1. The Balaban J connectivity index is 1.94. The molecule has 110 valence electrons. The minimum absolute atomic E-state index is 0.100. The molecule has 0 aromatic heterocycles. The Morgan fingerprint density at radius 3 is 3.00 bits per heavy atom. The summed E-state index contributed by atoms with van der Waals surface area (Å²) in [5, 5.41) is 6.74. The summed E-state index contributed by atoms with van der Waals surface area (Å²) >= 11 is 0. The van der Waals surface area contributed by atoms with Crippen molar-refractivity contribution in [3.63, 3.8) is 0 Å². The number of hydrogen-bond donors (Lipinski definition) is 2. The van der Waals surface area contributed by atoms with Crippen molar-refractivity contribution in [2.24, 2.45) is 0 Å². The van der Waals surface area contributed by atoms with E-state index in [4.69, 9.17) is 0 Å². The molecule has 3 nitrogen and oxygen atoms in total. The van der Waals surface area contributed by atoms with Crippen molar-refractivity contribution in [3.05, 3.63) is 29.3 Å². The molecule has 1 aliphatic heterocycles. The number of Topliss-reactive ketones (excluding diaryl/α,β-unsaturated/α-hetero) is 1. The Morgan fingerprint density at radius 1 is 1.45 bits per heavy atom. The molecule has 0 saturated heterocycles. The molecule has 1 aliphatic rings. The van der Waals surface area contributed by atoms with Gasteiger partial charge in [-0.1, -0.05) is 19.8 Å². The summed E-state index contributed by atoms with van der Waals surface area (Å²) in [6, 6.07) is 6.40. The largest absolute Gasteiger partial charge is 0.382 e. The van der Waals surface area contributed by atoms with Crippen molar-refractivity contribution < 1.29 is 4.79 Å². The van der Waals surface area contributed by atoms with E-state index in [0.717, 1.165) is 24.9 Å². The molecule has 2 atom stereocenters. The number of benzene rings is 1. The number of unbranched alkanes of at least 4 members (excludes halogenated alkanes) is 2. The van der Waals surface area contributed by atoms with Crippen LogP contribution in [0.3, 0.4) is 0 Å². The van der Waals surface area contributed by atoms with E-state index in [1.807, 2.05) is 19.1 Å². The van der Waals surface area contributed by atoms with Gasteiger partial charge in [0.2, 0.25) is 0 Å². The molecule has 0 bridgehead atoms. The minimum Gasteiger partial charge on any atom is -0.382 e. The van der Waals surface area contributed by atoms with Crippen molar-refractivity contribution in [1.82, 2.24) is 5.32 Å². The van der Waals surface area contributed by atoms with Gasteiger partial charge in [-0.05, 0) is 57.0 Å². The fraction of sp³-hybridized carbons (Fsp3) is 0.588. The fourth-order valence-corrected chi connectivity index (χ4v) is 2.74. The summed E-state index contributed by atoms with van der Waals surface area (Å²) in [6.07, 6.45) is 4.57. The molecular weight excluding hydrogens is 248 g/mol. The third-order valence-electron chi connectivity index (χ3n) is 3.94. The molecule has 0 radical (unpaired) electrons. The predicted octanol–water partition coefficient (Wildman–Crippen LogP) is 3.39. The molecule has 0 fully saturated rings. The number of anilines is 1. The van der Waals surface area contributed by atoms with Gasteiger partial charge < -0.3 is 10.6 Å². The third-order valence-corrected chi connectivity index (χ3v) is 3.94. The standard InChI is InChI=1S/C17H26N2O/c1-4-5-6-9-18-13(3)17(20)14-7-8-16-15(11-14)10-12(2)19-16/h7-8,11-13,18-19H,4-6,9-10H2,1-3H3. The second kappa shape index (κ2) is 6.89. The molecule has 1 aromatic rings. The number of carbonyl (C=O) groups is 1. The first-order valence-electron chi connectivity index (χ1n) is 7.79. The highest BCUT2D eigenvalue weighted by molar-refractivity contribution is 6.00. The topological polar surface area (TPSA) is 41.1 Å². The third kappa shape index (κ3) is 3.60. The van der Waals surface area contributed by atoms with E-state index in [9.17, 15) is 4.79 Å². The van der Waals surface area contributed by atoms with Gasteiger partial charge in [0.05, 0.1) is 6.04 Å². The van der Waals surface area contributed by atoms with E-state index >= 15 is 0 Å². The Morgan fingerprint density at radius 2 is 2.25 bits per heavy atom. The molecule has 3 heteroatoms. The Kier molecular flexibility index (Phi) is 5.18. The first kappa shape index (κ1) is 15.0. The number of nitrogens with one attached hydrogen (secondary N) is 2. The van der Waals surface area contributed by atoms with Crippen LogP contribution in [0.1, 0.15) is 56.0 Å². The van der Waals surface area contributed by atoms with Gasteiger partial charge in [-0.2, -0.15) is 0 Å². The van der Waals surface area contributed by atoms with Crippen molar-refractivity contribution in [1.29, 1.82) is 0 Å². The number of fused-ring (bicyclic) bond motifs is 1. The zero-order chi connectivity index (χ0) is 14.5. The van der Waals surface area contributed by atoms with E-state index in [-0.39, 0.29) is 11.8 Å². The lowest BCUT2D eigenvalue weighted by Gasteiger charge is -2.13. The normalized spacial score (nSPS) is 18.4. The van der Waals surface area contributed by atoms with E-state index in [0.29, 0.717) is 6.04 Å². The van der Waals surface area contributed by atoms with E-state index in [1.54, 1.807) is 0 Å². The summed E-state index contributed by atoms with van der Waals surface area (Å²) in [6.45, 7) is 7.24. The first-order chi connectivity index (χ1) is 9.61. The molecule has 2 N–H and O–H groups in total. The van der Waals surface area contributed by atoms with Gasteiger partial charge in [0, 0.05) is 17.3 Å². The van der Waals surface area contributed by atoms with Crippen LogP contribution in [-0.4, -0.2) is 24.4 Å². The smallest absolute Gasteiger partial charge is 0.179 e. The maximum absolute atomic E-state index is 12.4. The van der Waals surface area contributed by atoms with Crippen LogP contribution >= 0.6 is 0 Å². The first-order valence-corrected chi connectivity index (χ1v) is 7.79. The molecule has 0 spiro atoms. The van der Waals surface area contributed by atoms with Gasteiger partial charge in [0.25, 0.3) is 0 Å². The monoisotopic (exact) mass is 274 g/mol. The maximum atomic E-state index is 12.4. The average Bonchev–Trinajstić information content (AvgIpc) is 2.81. The highest BCUT2D eigenvalue weighted by Gasteiger charge is 2.20. The van der Waals surface area contributed by atoms with Crippen LogP contribution in [0.2, 0.25) is 0 Å². The fourth-order valence-electron chi connectivity index (χ4n) is 2.74. The van der Waals surface area contributed by atoms with Crippen LogP contribution in [0.4, 0.5) is 5.69 Å². The SMILES string of the molecule is CCCCCNC(C)C(=O)c1ccc2c(c1)CC(C)N2. The van der Waals surface area contributed by atoms with Crippen LogP contribution in [-0.2, 0) is 6.42 Å². The predicted molar refractivity (Wildman–Crippen MR) is 84.6 cm³/mol. The highest BCUT2D eigenvalue weighted by Crippen LogP contribution is 2.26. The summed E-state index contributed by atoms with van der Waals surface area (Å²) in [5.74, 6) is 0.198. The van der Waals surface area contributed by atoms with Crippen molar-refractivity contribution >= 4 is 11.5 Å². The molecule has 0 aliphatic carbocycles. The van der Waals surface area contributed by atoms with E-state index < -0.39 is 0 Å². The summed E-state index contributed by atoms with van der Waals surface area (Å²) in [7, 11) is 0. The second-order valence-corrected chi connectivity index (χ2v) is 5.87. The van der Waals surface area contributed by atoms with Crippen LogP contribution < -0.4 is 10.6 Å². The van der Waals surface area contributed by atoms with Gasteiger partial charge in [-0.15, -0.1) is 0 Å². The van der Waals surface area contributed by atoms with Gasteiger partial charge in [0.1, 0.15) is 0 Å². The quantitative estimate of drug-likeness (QED) is 0.591. The van der Waals surface area contributed by atoms with Gasteiger partial charge >= 0.3 is 0 Å². The molecule has 2 unspecified atom stereocenters. The molecule has 0 saturated carbocycles. The Labute approximate surface area is 122 Å². The van der Waals surface area contributed by atoms with Crippen LogP contribution in [0, 0.1) is 0 Å². The summed E-state index contributed by atoms with van der Waals surface area (Å²) < 4.78 is 0. The lowest BCUT2D eigenvalue weighted by molar-refractivity contribution is 0.0951. The Hall–Kier alpha value is -1.35. The lowest BCUT2D eigenvalue weighted by atomic mass is 10.0. The number of hydrogen-bond acceptors (Lipinski definition) is 3. The molecule has 1 heterocycles. The molecule has 1 aromatic carbocycles. The minimum atomic E-state index is -0.100. The van der Waals surface area contributed by atoms with Gasteiger partial charge in [-0.25, -0.2) is 0 Å². The van der Waals surface area contributed by atoms with E-state index in [2.05, 4.69) is 30.5 Å². The van der Waals surface area contributed by atoms with Crippen LogP contribution in [0.15, 0.2) is 18.2 Å². The molecule has 20 heavy (non-hydrogen) atoms. The van der Waals surface area contributed by atoms with Crippen molar-refractivity contribution in [3.8, 4) is 0 Å². The summed E-state index contributed by atoms with van der Waals surface area (Å²) in [4.78, 5) is 12.4. The molecule has 0 amide bonds. The lowest BCUT2D eigenvalue weighted by Crippen LogP contribution is -2.34. The number of ketones is 1. The zero-order valence-electron chi connectivity index (χ0n) is 12.8. The zero-order valence-corrected chi connectivity index (χ0v) is 12.8. The summed E-state index contributed by atoms with van der Waals surface area (Å²) in [5.41, 5.74) is 3.27. The van der Waals surface area contributed by atoms with Gasteiger partial charge in [0.15, 0.2) is 5.78 Å². The van der Waals surface area contributed by atoms with Crippen molar-refractivity contribution in [2.75, 3.05) is 11.9 Å². The molecule has 2 rings (SSSR count). The van der Waals surface area contributed by atoms with Gasteiger partial charge in [-0.3, -0.25) is 4.79 Å². The highest BCUT2D eigenvalue weighted by atomic mass is 16.1. The second-order valence-electron chi connectivity index (χ2n) is 5.87. The van der Waals surface area contributed by atoms with Crippen molar-refractivity contribution in [2.45, 2.75) is 58.5 Å².